The molecule has 0 saturated heterocycles. The van der Waals surface area contributed by atoms with Gasteiger partial charge >= 0.3 is 0 Å². The van der Waals surface area contributed by atoms with E-state index in [1.165, 1.54) is 44.1 Å². The maximum Gasteiger partial charge on any atom is 0.0404 e. The van der Waals surface area contributed by atoms with Gasteiger partial charge in [0.2, 0.25) is 0 Å². The Morgan fingerprint density at radius 2 is 1.67 bits per heavy atom. The standard InChI is InChI=1S/C4H6IN3.C4H8IN.C4H6/c5-4(1-2-4)3-7-8-6;5-4(3-6)1-2-4;1-4-2-3-4/h1-3H2;1-3,6H2;1-3H2. The zero-order valence-corrected chi connectivity index (χ0v) is 14.9. The van der Waals surface area contributed by atoms with Gasteiger partial charge in [0.1, 0.15) is 0 Å². The van der Waals surface area contributed by atoms with Crippen molar-refractivity contribution in [1.82, 2.24) is 0 Å². The summed E-state index contributed by atoms with van der Waals surface area (Å²) >= 11 is 4.77. The van der Waals surface area contributed by atoms with Gasteiger partial charge in [-0.15, -0.1) is 0 Å². The van der Waals surface area contributed by atoms with E-state index in [0.717, 1.165) is 6.54 Å². The Balaban J connectivity index is 0.000000143. The first kappa shape index (κ1) is 16.5. The predicted molar refractivity (Wildman–Crippen MR) is 93.4 cm³/mol. The lowest BCUT2D eigenvalue weighted by Gasteiger charge is -1.94. The summed E-state index contributed by atoms with van der Waals surface area (Å²) in [6.07, 6.45) is 7.69. The van der Waals surface area contributed by atoms with Crippen molar-refractivity contribution in [1.29, 1.82) is 0 Å². The van der Waals surface area contributed by atoms with Crippen molar-refractivity contribution in [3.63, 3.8) is 0 Å². The summed E-state index contributed by atoms with van der Waals surface area (Å²) in [5, 5.41) is 3.48. The fraction of sp³-hybridized carbons (Fsp3) is 0.833. The van der Waals surface area contributed by atoms with Gasteiger partial charge in [0, 0.05) is 24.8 Å². The van der Waals surface area contributed by atoms with E-state index in [1.54, 1.807) is 0 Å². The average molecular weight is 474 g/mol. The number of allylic oxidation sites excluding steroid dienone is 1. The molecule has 0 aromatic carbocycles. The highest BCUT2D eigenvalue weighted by atomic mass is 127. The molecular formula is C12H20I2N4. The van der Waals surface area contributed by atoms with Crippen molar-refractivity contribution in [3.05, 3.63) is 22.6 Å². The monoisotopic (exact) mass is 474 g/mol. The lowest BCUT2D eigenvalue weighted by atomic mass is 10.4. The van der Waals surface area contributed by atoms with Crippen molar-refractivity contribution >= 4 is 45.2 Å². The molecule has 0 aromatic rings. The Hall–Kier alpha value is 0.470. The molecule has 0 aromatic heterocycles. The molecule has 2 N–H and O–H groups in total. The molecule has 0 heterocycles. The lowest BCUT2D eigenvalue weighted by Crippen LogP contribution is -2.13. The Labute approximate surface area is 136 Å². The summed E-state index contributed by atoms with van der Waals surface area (Å²) in [7, 11) is 0. The predicted octanol–water partition coefficient (Wildman–Crippen LogP) is 4.51. The van der Waals surface area contributed by atoms with Crippen molar-refractivity contribution in [3.8, 4) is 0 Å². The van der Waals surface area contributed by atoms with Crippen LogP contribution in [0, 0.1) is 0 Å². The van der Waals surface area contributed by atoms with Crippen molar-refractivity contribution in [2.24, 2.45) is 10.8 Å². The van der Waals surface area contributed by atoms with E-state index in [-0.39, 0.29) is 0 Å². The highest BCUT2D eigenvalue weighted by molar-refractivity contribution is 14.1. The van der Waals surface area contributed by atoms with Gasteiger partial charge in [-0.25, -0.2) is 0 Å². The van der Waals surface area contributed by atoms with Crippen molar-refractivity contribution in [2.45, 2.75) is 45.4 Å². The molecule has 3 aliphatic carbocycles. The number of hydrogen-bond donors (Lipinski definition) is 1. The number of hydrogen-bond acceptors (Lipinski definition) is 2. The third-order valence-corrected chi connectivity index (χ3v) is 5.91. The number of nitrogens with two attached hydrogens (primary N) is 1. The zero-order chi connectivity index (χ0) is 13.6. The fourth-order valence-corrected chi connectivity index (χ4v) is 1.57. The zero-order valence-electron chi connectivity index (χ0n) is 10.5. The Bertz CT molecular complexity index is 336. The van der Waals surface area contributed by atoms with Gasteiger partial charge in [0.25, 0.3) is 0 Å². The summed E-state index contributed by atoms with van der Waals surface area (Å²) in [4.78, 5) is 2.68. The largest absolute Gasteiger partial charge is 0.329 e. The van der Waals surface area contributed by atoms with Crippen LogP contribution in [-0.4, -0.2) is 19.9 Å². The van der Waals surface area contributed by atoms with Crippen LogP contribution < -0.4 is 5.73 Å². The summed E-state index contributed by atoms with van der Waals surface area (Å²) in [6, 6.07) is 0. The normalized spacial score (nSPS) is 23.4. The smallest absolute Gasteiger partial charge is 0.0404 e. The topological polar surface area (TPSA) is 74.8 Å². The minimum atomic E-state index is 0.351. The van der Waals surface area contributed by atoms with Crippen LogP contribution in [0.5, 0.6) is 0 Å². The van der Waals surface area contributed by atoms with Crippen LogP contribution in [0.3, 0.4) is 0 Å². The third-order valence-electron chi connectivity index (χ3n) is 2.97. The minimum Gasteiger partial charge on any atom is -0.329 e. The number of halogens is 2. The molecule has 102 valence electrons. The van der Waals surface area contributed by atoms with Gasteiger partial charge in [-0.05, 0) is 44.1 Å². The molecule has 0 bridgehead atoms. The molecule has 0 aliphatic heterocycles. The van der Waals surface area contributed by atoms with Crippen molar-refractivity contribution in [2.75, 3.05) is 13.1 Å². The SMILES string of the molecule is C=C1CC1.NCC1(I)CC1.[N-]=[N+]=NCC1(I)CC1. The molecule has 0 radical (unpaired) electrons. The first-order valence-corrected chi connectivity index (χ1v) is 8.34. The second-order valence-electron chi connectivity index (χ2n) is 5.14. The summed E-state index contributed by atoms with van der Waals surface area (Å²) in [5.41, 5.74) is 14.7. The molecule has 3 rings (SSSR count). The van der Waals surface area contributed by atoms with Gasteiger partial charge in [-0.2, -0.15) is 0 Å². The summed E-state index contributed by atoms with van der Waals surface area (Å²) in [6.45, 7) is 5.21. The highest BCUT2D eigenvalue weighted by Crippen LogP contribution is 2.45. The first-order chi connectivity index (χ1) is 8.43. The molecule has 6 heteroatoms. The quantitative estimate of drug-likeness (QED) is 0.160. The molecule has 4 nitrogen and oxygen atoms in total. The Morgan fingerprint density at radius 3 is 1.83 bits per heavy atom. The molecule has 3 aliphatic rings. The van der Waals surface area contributed by atoms with Crippen LogP contribution in [-0.2, 0) is 0 Å². The molecule has 18 heavy (non-hydrogen) atoms. The van der Waals surface area contributed by atoms with E-state index in [1.807, 2.05) is 0 Å². The van der Waals surface area contributed by atoms with Crippen LogP contribution in [0.2, 0.25) is 0 Å². The molecule has 0 unspecified atom stereocenters. The van der Waals surface area contributed by atoms with Crippen LogP contribution in [0.4, 0.5) is 0 Å². The summed E-state index contributed by atoms with van der Waals surface area (Å²) in [5.74, 6) is 0. The molecule has 0 amide bonds. The maximum absolute atomic E-state index is 7.91. The molecule has 0 atom stereocenters. The van der Waals surface area contributed by atoms with E-state index in [2.05, 4.69) is 61.8 Å². The lowest BCUT2D eigenvalue weighted by molar-refractivity contribution is 0.925. The average Bonchev–Trinajstić information content (AvgIpc) is 3.21. The van der Waals surface area contributed by atoms with E-state index in [0.29, 0.717) is 13.4 Å². The third kappa shape index (κ3) is 8.55. The van der Waals surface area contributed by atoms with E-state index >= 15 is 0 Å². The van der Waals surface area contributed by atoms with Gasteiger partial charge in [0.15, 0.2) is 0 Å². The highest BCUT2D eigenvalue weighted by Gasteiger charge is 2.38. The molecule has 0 spiro atoms. The Morgan fingerprint density at radius 1 is 1.22 bits per heavy atom. The number of rotatable bonds is 3. The van der Waals surface area contributed by atoms with Crippen LogP contribution >= 0.6 is 45.2 Å². The Kier molecular flexibility index (Phi) is 6.71. The number of alkyl halides is 2. The molecule has 3 saturated carbocycles. The second kappa shape index (κ2) is 7.31. The van der Waals surface area contributed by atoms with Gasteiger partial charge < -0.3 is 5.73 Å². The molecule has 3 fully saturated rings. The number of azide groups is 1. The van der Waals surface area contributed by atoms with E-state index in [4.69, 9.17) is 11.3 Å². The summed E-state index contributed by atoms with van der Waals surface area (Å²) < 4.78 is 0.891. The van der Waals surface area contributed by atoms with Gasteiger partial charge in [0.05, 0.1) is 0 Å². The number of nitrogens with zero attached hydrogens (tertiary/aromatic N) is 3. The van der Waals surface area contributed by atoms with Crippen LogP contribution in [0.25, 0.3) is 10.4 Å². The van der Waals surface area contributed by atoms with E-state index in [9.17, 15) is 0 Å². The first-order valence-electron chi connectivity index (χ1n) is 6.18. The second-order valence-corrected chi connectivity index (χ2v) is 9.72. The molecular weight excluding hydrogens is 454 g/mol. The maximum atomic E-state index is 7.91. The van der Waals surface area contributed by atoms with E-state index < -0.39 is 0 Å². The van der Waals surface area contributed by atoms with Crippen molar-refractivity contribution < 1.29 is 0 Å². The van der Waals surface area contributed by atoms with Crippen LogP contribution in [0.15, 0.2) is 17.3 Å². The van der Waals surface area contributed by atoms with Gasteiger partial charge in [-0.3, -0.25) is 0 Å². The van der Waals surface area contributed by atoms with Crippen LogP contribution in [0.1, 0.15) is 38.5 Å². The fourth-order valence-electron chi connectivity index (χ4n) is 0.880. The minimum absolute atomic E-state index is 0.351. The van der Waals surface area contributed by atoms with Gasteiger partial charge in [-0.1, -0.05) is 62.4 Å².